The molecule has 0 radical (unpaired) electrons. The maximum absolute atomic E-state index is 12.8. The molecule has 0 aromatic rings. The Hall–Kier alpha value is -1.20. The first-order valence-corrected chi connectivity index (χ1v) is 17.5. The molecule has 1 aliphatic heterocycles. The minimum atomic E-state index is -5.10. The smallest absolute Gasteiger partial charge is 0.394 e. The predicted octanol–water partition coefficient (Wildman–Crippen LogP) is 2.28. The fourth-order valence-electron chi connectivity index (χ4n) is 4.99. The Kier molecular flexibility index (Phi) is 21.5. The molecule has 8 unspecified atom stereocenters. The summed E-state index contributed by atoms with van der Waals surface area (Å²) < 4.78 is 46.9. The van der Waals surface area contributed by atoms with Crippen LogP contribution in [0.1, 0.15) is 110 Å². The molecule has 1 aliphatic rings. The Bertz CT molecular complexity index is 889. The summed E-state index contributed by atoms with van der Waals surface area (Å²) in [5.74, 6) is -0.713. The Labute approximate surface area is 262 Å². The van der Waals surface area contributed by atoms with Gasteiger partial charge < -0.3 is 40.3 Å². The summed E-state index contributed by atoms with van der Waals surface area (Å²) in [4.78, 5) is 12.8. The molecule has 44 heavy (non-hydrogen) atoms. The Morgan fingerprint density at radius 2 is 1.48 bits per heavy atom. The van der Waals surface area contributed by atoms with E-state index in [0.29, 0.717) is 12.8 Å². The van der Waals surface area contributed by atoms with Gasteiger partial charge in [0.15, 0.2) is 6.29 Å². The number of amides is 1. The number of carbonyl (C=O) groups excluding carboxylic acids is 1. The molecule has 1 heterocycles. The Balaban J connectivity index is 2.83. The van der Waals surface area contributed by atoms with Crippen molar-refractivity contribution in [2.24, 2.45) is 0 Å². The summed E-state index contributed by atoms with van der Waals surface area (Å²) in [6.07, 6.45) is 6.68. The first-order valence-electron chi connectivity index (χ1n) is 16.2. The van der Waals surface area contributed by atoms with Crippen molar-refractivity contribution >= 4 is 16.3 Å². The van der Waals surface area contributed by atoms with Crippen LogP contribution in [0.2, 0.25) is 0 Å². The second-order valence-corrected chi connectivity index (χ2v) is 12.6. The molecule has 1 amide bonds. The van der Waals surface area contributed by atoms with E-state index in [9.17, 15) is 38.7 Å². The predicted molar refractivity (Wildman–Crippen MR) is 164 cm³/mol. The van der Waals surface area contributed by atoms with Gasteiger partial charge in [-0.15, -0.1) is 0 Å². The van der Waals surface area contributed by atoms with Gasteiger partial charge in [0.05, 0.1) is 25.4 Å². The quantitative estimate of drug-likeness (QED) is 0.0429. The van der Waals surface area contributed by atoms with Gasteiger partial charge in [0, 0.05) is 0 Å². The fraction of sp³-hybridized carbons (Fsp3) is 0.900. The zero-order chi connectivity index (χ0) is 33.0. The topological polar surface area (TPSA) is 212 Å². The van der Waals surface area contributed by atoms with E-state index >= 15 is 0 Å². The highest BCUT2D eigenvalue weighted by atomic mass is 32.3. The van der Waals surface area contributed by atoms with E-state index < -0.39 is 78.5 Å². The van der Waals surface area contributed by atoms with Gasteiger partial charge in [-0.2, -0.15) is 8.42 Å². The molecule has 0 saturated carbocycles. The minimum Gasteiger partial charge on any atom is -0.394 e. The molecule has 1 fully saturated rings. The van der Waals surface area contributed by atoms with Gasteiger partial charge >= 0.3 is 10.4 Å². The van der Waals surface area contributed by atoms with E-state index in [1.165, 1.54) is 31.8 Å². The van der Waals surface area contributed by atoms with Crippen molar-refractivity contribution in [2.45, 2.75) is 159 Å². The molecule has 8 atom stereocenters. The molecule has 14 heteroatoms. The van der Waals surface area contributed by atoms with Gasteiger partial charge in [-0.05, 0) is 19.3 Å². The first-order chi connectivity index (χ1) is 20.9. The lowest BCUT2D eigenvalue weighted by Crippen LogP contribution is -2.61. The highest BCUT2D eigenvalue weighted by Gasteiger charge is 2.48. The van der Waals surface area contributed by atoms with Crippen LogP contribution in [0.3, 0.4) is 0 Å². The summed E-state index contributed by atoms with van der Waals surface area (Å²) in [5.41, 5.74) is 0. The number of hydrogen-bond donors (Lipinski definition) is 7. The number of rotatable bonds is 25. The third-order valence-electron chi connectivity index (χ3n) is 7.68. The third kappa shape index (κ3) is 16.9. The SMILES string of the molecule is CCCCCCC/C=C/C(O)C(COC1OC(CO)C(O)C(OS(=O)(=O)O)C1O)NC(=O)C(O)CCCCCCCCCC. The zero-order valence-electron chi connectivity index (χ0n) is 26.3. The van der Waals surface area contributed by atoms with E-state index in [1.54, 1.807) is 6.08 Å². The average Bonchev–Trinajstić information content (AvgIpc) is 2.98. The van der Waals surface area contributed by atoms with E-state index in [4.69, 9.17) is 14.0 Å². The molecule has 1 saturated heterocycles. The van der Waals surface area contributed by atoms with Crippen molar-refractivity contribution in [1.82, 2.24) is 5.32 Å². The largest absolute Gasteiger partial charge is 0.397 e. The van der Waals surface area contributed by atoms with Crippen LogP contribution in [0.15, 0.2) is 12.2 Å². The summed E-state index contributed by atoms with van der Waals surface area (Å²) in [7, 11) is -5.10. The van der Waals surface area contributed by atoms with E-state index in [1.807, 2.05) is 0 Å². The Morgan fingerprint density at radius 3 is 2.05 bits per heavy atom. The number of nitrogens with one attached hydrogen (secondary N) is 1. The number of unbranched alkanes of at least 4 members (excludes halogenated alkanes) is 12. The molecular weight excluding hydrogens is 598 g/mol. The number of ether oxygens (including phenoxy) is 2. The van der Waals surface area contributed by atoms with Crippen LogP contribution >= 0.6 is 0 Å². The second kappa shape index (κ2) is 23.2. The average molecular weight is 656 g/mol. The van der Waals surface area contributed by atoms with Crippen LogP contribution in [-0.4, -0.2) is 107 Å². The van der Waals surface area contributed by atoms with Gasteiger partial charge in [-0.1, -0.05) is 103 Å². The van der Waals surface area contributed by atoms with Crippen molar-refractivity contribution in [3.8, 4) is 0 Å². The van der Waals surface area contributed by atoms with Crippen LogP contribution in [0.5, 0.6) is 0 Å². The second-order valence-electron chi connectivity index (χ2n) is 11.5. The summed E-state index contributed by atoms with van der Waals surface area (Å²) in [6.45, 7) is 3.03. The number of allylic oxidation sites excluding steroid dienone is 1. The van der Waals surface area contributed by atoms with Gasteiger partial charge in [-0.25, -0.2) is 4.18 Å². The van der Waals surface area contributed by atoms with Gasteiger partial charge in [0.1, 0.15) is 30.5 Å². The molecule has 0 aliphatic carbocycles. The van der Waals surface area contributed by atoms with E-state index in [2.05, 4.69) is 23.3 Å². The minimum absolute atomic E-state index is 0.243. The number of carbonyl (C=O) groups is 1. The highest BCUT2D eigenvalue weighted by Crippen LogP contribution is 2.26. The summed E-state index contributed by atoms with van der Waals surface area (Å²) in [6, 6.07) is -1.11. The monoisotopic (exact) mass is 655 g/mol. The molecule has 0 spiro atoms. The molecule has 1 rings (SSSR count). The maximum atomic E-state index is 12.8. The van der Waals surface area contributed by atoms with Gasteiger partial charge in [-0.3, -0.25) is 9.35 Å². The molecule has 0 aromatic heterocycles. The van der Waals surface area contributed by atoms with Crippen LogP contribution in [-0.2, 0) is 28.9 Å². The standard InChI is InChI=1S/C30H57NO12S/c1-3-5-7-9-11-13-15-17-19-24(34)29(37)31-22(23(33)18-16-14-12-10-8-6-4-2)21-41-30-27(36)28(43-44(38,39)40)26(35)25(20-32)42-30/h16,18,22-28,30,32-36H,3-15,17,19-21H2,1-2H3,(H,31,37)(H,38,39,40)/b18-16+. The molecule has 260 valence electrons. The van der Waals surface area contributed by atoms with Gasteiger partial charge in [0.2, 0.25) is 5.91 Å². The van der Waals surface area contributed by atoms with Crippen LogP contribution in [0.4, 0.5) is 0 Å². The lowest BCUT2D eigenvalue weighted by molar-refractivity contribution is -0.298. The maximum Gasteiger partial charge on any atom is 0.397 e. The fourth-order valence-corrected chi connectivity index (χ4v) is 5.49. The first kappa shape index (κ1) is 40.8. The summed E-state index contributed by atoms with van der Waals surface area (Å²) in [5, 5.41) is 54.3. The van der Waals surface area contributed by atoms with Crippen molar-refractivity contribution in [3.05, 3.63) is 12.2 Å². The van der Waals surface area contributed by atoms with Crippen molar-refractivity contribution in [3.63, 3.8) is 0 Å². The zero-order valence-corrected chi connectivity index (χ0v) is 27.2. The lowest BCUT2D eigenvalue weighted by Gasteiger charge is -2.41. The van der Waals surface area contributed by atoms with Crippen LogP contribution in [0.25, 0.3) is 0 Å². The molecule has 0 bridgehead atoms. The lowest BCUT2D eigenvalue weighted by atomic mass is 9.99. The van der Waals surface area contributed by atoms with Crippen LogP contribution in [0, 0.1) is 0 Å². The van der Waals surface area contributed by atoms with Crippen molar-refractivity contribution in [2.75, 3.05) is 13.2 Å². The molecule has 0 aromatic carbocycles. The van der Waals surface area contributed by atoms with Crippen molar-refractivity contribution in [1.29, 1.82) is 0 Å². The molecule has 7 N–H and O–H groups in total. The Morgan fingerprint density at radius 1 is 0.909 bits per heavy atom. The molecular formula is C30H57NO12S. The number of aliphatic hydroxyl groups excluding tert-OH is 5. The van der Waals surface area contributed by atoms with E-state index in [-0.39, 0.29) is 6.42 Å². The van der Waals surface area contributed by atoms with Crippen molar-refractivity contribution < 1.29 is 57.0 Å². The molecule has 13 nitrogen and oxygen atoms in total. The van der Waals surface area contributed by atoms with Crippen LogP contribution < -0.4 is 5.32 Å². The normalized spacial score (nSPS) is 24.8. The highest BCUT2D eigenvalue weighted by molar-refractivity contribution is 7.80. The van der Waals surface area contributed by atoms with Gasteiger partial charge in [0.25, 0.3) is 0 Å². The number of aliphatic hydroxyl groups is 5. The summed E-state index contributed by atoms with van der Waals surface area (Å²) >= 11 is 0. The number of hydrogen-bond acceptors (Lipinski definition) is 11. The third-order valence-corrected chi connectivity index (χ3v) is 8.14. The van der Waals surface area contributed by atoms with E-state index in [0.717, 1.165) is 51.4 Å².